The maximum atomic E-state index is 12.4. The monoisotopic (exact) mass is 270 g/mol. The molecular weight excluding hydrogens is 244 g/mol. The quantitative estimate of drug-likeness (QED) is 0.752. The first-order valence-corrected chi connectivity index (χ1v) is 6.98. The van der Waals surface area contributed by atoms with Gasteiger partial charge in [-0.1, -0.05) is 33.6 Å². The predicted octanol–water partition coefficient (Wildman–Crippen LogP) is 1.21. The lowest BCUT2D eigenvalue weighted by Crippen LogP contribution is -2.60. The van der Waals surface area contributed by atoms with E-state index in [1.54, 1.807) is 0 Å². The van der Waals surface area contributed by atoms with E-state index in [1.807, 2.05) is 13.8 Å². The van der Waals surface area contributed by atoms with Gasteiger partial charge in [0.05, 0.1) is 12.6 Å². The van der Waals surface area contributed by atoms with Crippen LogP contribution in [0.3, 0.4) is 0 Å². The zero-order chi connectivity index (χ0) is 14.6. The number of rotatable bonds is 4. The number of nitrogens with two attached hydrogens (primary N) is 1. The molecule has 1 amide bonds. The fourth-order valence-corrected chi connectivity index (χ4v) is 2.71. The molecule has 3 N–H and O–H groups in total. The van der Waals surface area contributed by atoms with Crippen molar-refractivity contribution in [3.63, 3.8) is 0 Å². The molecule has 1 rings (SSSR count). The number of hydrogen-bond donors (Lipinski definition) is 2. The van der Waals surface area contributed by atoms with Crippen LogP contribution >= 0.6 is 0 Å². The summed E-state index contributed by atoms with van der Waals surface area (Å²) in [6.45, 7) is 5.84. The molecule has 5 nitrogen and oxygen atoms in total. The van der Waals surface area contributed by atoms with Gasteiger partial charge in [-0.2, -0.15) is 0 Å². The van der Waals surface area contributed by atoms with E-state index in [-0.39, 0.29) is 11.8 Å². The number of amides is 1. The molecule has 0 aliphatic heterocycles. The number of carbonyl (C=O) groups is 2. The number of nitrogens with one attached hydrogen (secondary N) is 1. The zero-order valence-corrected chi connectivity index (χ0v) is 12.4. The van der Waals surface area contributed by atoms with Crippen molar-refractivity contribution in [2.45, 2.75) is 58.0 Å². The number of hydrogen-bond acceptors (Lipinski definition) is 4. The summed E-state index contributed by atoms with van der Waals surface area (Å²) in [7, 11) is 1.32. The van der Waals surface area contributed by atoms with Gasteiger partial charge in [-0.05, 0) is 24.7 Å². The summed E-state index contributed by atoms with van der Waals surface area (Å²) in [6, 6.07) is -0.629. The summed E-state index contributed by atoms with van der Waals surface area (Å²) >= 11 is 0. The molecule has 0 saturated heterocycles. The van der Waals surface area contributed by atoms with E-state index in [2.05, 4.69) is 12.2 Å². The van der Waals surface area contributed by atoms with Crippen molar-refractivity contribution in [1.29, 1.82) is 0 Å². The highest BCUT2D eigenvalue weighted by molar-refractivity contribution is 5.90. The molecule has 0 aromatic heterocycles. The van der Waals surface area contributed by atoms with E-state index in [9.17, 15) is 9.59 Å². The lowest BCUT2D eigenvalue weighted by molar-refractivity contribution is -0.147. The minimum atomic E-state index is -0.848. The van der Waals surface area contributed by atoms with Gasteiger partial charge >= 0.3 is 5.97 Å². The van der Waals surface area contributed by atoms with Gasteiger partial charge in [-0.3, -0.25) is 4.79 Å². The molecule has 0 aromatic rings. The van der Waals surface area contributed by atoms with Crippen LogP contribution in [0.15, 0.2) is 0 Å². The van der Waals surface area contributed by atoms with Gasteiger partial charge < -0.3 is 15.8 Å². The molecule has 5 heteroatoms. The molecule has 3 unspecified atom stereocenters. The van der Waals surface area contributed by atoms with Crippen LogP contribution in [-0.4, -0.2) is 30.6 Å². The molecule has 3 atom stereocenters. The Bertz CT molecular complexity index is 344. The van der Waals surface area contributed by atoms with E-state index >= 15 is 0 Å². The van der Waals surface area contributed by atoms with Crippen LogP contribution in [0.5, 0.6) is 0 Å². The van der Waals surface area contributed by atoms with Gasteiger partial charge in [0.1, 0.15) is 6.04 Å². The van der Waals surface area contributed by atoms with Gasteiger partial charge in [0.25, 0.3) is 0 Å². The summed E-state index contributed by atoms with van der Waals surface area (Å²) in [5.74, 6) is -0.236. The highest BCUT2D eigenvalue weighted by Crippen LogP contribution is 2.30. The molecule has 1 fully saturated rings. The maximum absolute atomic E-state index is 12.4. The van der Waals surface area contributed by atoms with Gasteiger partial charge in [-0.15, -0.1) is 0 Å². The van der Waals surface area contributed by atoms with E-state index < -0.39 is 17.6 Å². The normalized spacial score (nSPS) is 28.8. The Labute approximate surface area is 115 Å². The van der Waals surface area contributed by atoms with Crippen LogP contribution in [0.1, 0.15) is 46.5 Å². The molecule has 0 heterocycles. The molecule has 1 aliphatic carbocycles. The fourth-order valence-electron chi connectivity index (χ4n) is 2.71. The second-order valence-corrected chi connectivity index (χ2v) is 6.08. The van der Waals surface area contributed by atoms with Crippen LogP contribution in [0.25, 0.3) is 0 Å². The van der Waals surface area contributed by atoms with Crippen molar-refractivity contribution < 1.29 is 14.3 Å². The topological polar surface area (TPSA) is 81.4 Å². The largest absolute Gasteiger partial charge is 0.467 e. The molecule has 0 spiro atoms. The first kappa shape index (κ1) is 16.0. The molecule has 1 saturated carbocycles. The summed E-state index contributed by atoms with van der Waals surface area (Å²) in [5, 5.41) is 2.76. The minimum absolute atomic E-state index is 0.0268. The van der Waals surface area contributed by atoms with Crippen LogP contribution in [0.4, 0.5) is 0 Å². The van der Waals surface area contributed by atoms with Crippen molar-refractivity contribution >= 4 is 11.9 Å². The smallest absolute Gasteiger partial charge is 0.328 e. The summed E-state index contributed by atoms with van der Waals surface area (Å²) < 4.78 is 4.72. The molecule has 0 radical (unpaired) electrons. The highest BCUT2D eigenvalue weighted by atomic mass is 16.5. The van der Waals surface area contributed by atoms with Crippen LogP contribution in [0, 0.1) is 11.8 Å². The Kier molecular flexibility index (Phi) is 5.35. The predicted molar refractivity (Wildman–Crippen MR) is 73.3 cm³/mol. The van der Waals surface area contributed by atoms with Crippen molar-refractivity contribution in [2.75, 3.05) is 7.11 Å². The number of ether oxygens (including phenoxy) is 1. The molecule has 1 aliphatic rings. The minimum Gasteiger partial charge on any atom is -0.467 e. The zero-order valence-electron chi connectivity index (χ0n) is 12.4. The second-order valence-electron chi connectivity index (χ2n) is 6.08. The van der Waals surface area contributed by atoms with Crippen LogP contribution in [-0.2, 0) is 14.3 Å². The second kappa shape index (κ2) is 6.37. The van der Waals surface area contributed by atoms with Gasteiger partial charge in [0.15, 0.2) is 0 Å². The van der Waals surface area contributed by atoms with Crippen molar-refractivity contribution in [3.8, 4) is 0 Å². The summed E-state index contributed by atoms with van der Waals surface area (Å²) in [4.78, 5) is 24.0. The molecule has 19 heavy (non-hydrogen) atoms. The van der Waals surface area contributed by atoms with Gasteiger partial charge in [0.2, 0.25) is 5.91 Å². The summed E-state index contributed by atoms with van der Waals surface area (Å²) in [5.41, 5.74) is 5.37. The Morgan fingerprint density at radius 2 is 2.05 bits per heavy atom. The molecule has 0 aromatic carbocycles. The third-order valence-corrected chi connectivity index (χ3v) is 3.89. The highest BCUT2D eigenvalue weighted by Gasteiger charge is 2.40. The summed E-state index contributed by atoms with van der Waals surface area (Å²) in [6.07, 6.45) is 3.41. The lowest BCUT2D eigenvalue weighted by Gasteiger charge is -2.36. The fraction of sp³-hybridized carbons (Fsp3) is 0.857. The maximum Gasteiger partial charge on any atom is 0.328 e. The SMILES string of the molecule is COC(=O)C(NC(=O)C1(N)CCCC(C)C1)C(C)C. The lowest BCUT2D eigenvalue weighted by atomic mass is 9.76. The number of esters is 1. The first-order valence-electron chi connectivity index (χ1n) is 6.98. The first-order chi connectivity index (χ1) is 8.80. The average Bonchev–Trinajstić information content (AvgIpc) is 2.34. The van der Waals surface area contributed by atoms with Gasteiger partial charge in [0, 0.05) is 0 Å². The number of methoxy groups -OCH3 is 1. The van der Waals surface area contributed by atoms with Gasteiger partial charge in [-0.25, -0.2) is 4.79 Å². The van der Waals surface area contributed by atoms with E-state index in [4.69, 9.17) is 10.5 Å². The standard InChI is InChI=1S/C14H26N2O3/c1-9(2)11(12(17)19-4)16-13(18)14(15)7-5-6-10(3)8-14/h9-11H,5-8,15H2,1-4H3,(H,16,18). The van der Waals surface area contributed by atoms with E-state index in [0.29, 0.717) is 18.8 Å². The third kappa shape index (κ3) is 3.93. The van der Waals surface area contributed by atoms with Crippen molar-refractivity contribution in [3.05, 3.63) is 0 Å². The molecular formula is C14H26N2O3. The number of carbonyl (C=O) groups excluding carboxylic acids is 2. The molecule has 0 bridgehead atoms. The van der Waals surface area contributed by atoms with Crippen LogP contribution < -0.4 is 11.1 Å². The third-order valence-electron chi connectivity index (χ3n) is 3.89. The van der Waals surface area contributed by atoms with Crippen molar-refractivity contribution in [1.82, 2.24) is 5.32 Å². The van der Waals surface area contributed by atoms with E-state index in [0.717, 1.165) is 12.8 Å². The Morgan fingerprint density at radius 3 is 2.53 bits per heavy atom. The Morgan fingerprint density at radius 1 is 1.42 bits per heavy atom. The molecule has 110 valence electrons. The van der Waals surface area contributed by atoms with Crippen LogP contribution in [0.2, 0.25) is 0 Å². The Hall–Kier alpha value is -1.10. The average molecular weight is 270 g/mol. The van der Waals surface area contributed by atoms with Crippen molar-refractivity contribution in [2.24, 2.45) is 17.6 Å². The Balaban J connectivity index is 2.73. The van der Waals surface area contributed by atoms with E-state index in [1.165, 1.54) is 7.11 Å².